The fourth-order valence-corrected chi connectivity index (χ4v) is 3.46. The second-order valence-electron chi connectivity index (χ2n) is 4.92. The van der Waals surface area contributed by atoms with Gasteiger partial charge in [0.25, 0.3) is 0 Å². The number of nitrogens with zero attached hydrogens (tertiary/aromatic N) is 1. The molecule has 5 heteroatoms. The number of nitrogens with two attached hydrogens (primary N) is 2. The van der Waals surface area contributed by atoms with Crippen LogP contribution in [0.25, 0.3) is 0 Å². The molecule has 0 spiro atoms. The number of rotatable bonds is 2. The molecule has 4 N–H and O–H groups in total. The average Bonchev–Trinajstić information content (AvgIpc) is 2.53. The molecule has 0 fully saturated rings. The molecule has 1 aromatic rings. The number of anilines is 1. The molecule has 19 heavy (non-hydrogen) atoms. The maximum absolute atomic E-state index is 14.2. The van der Waals surface area contributed by atoms with Crippen LogP contribution < -0.4 is 11.5 Å². The van der Waals surface area contributed by atoms with E-state index in [0.717, 1.165) is 12.2 Å². The highest BCUT2D eigenvalue weighted by Crippen LogP contribution is 2.39. The fraction of sp³-hybridized carbons (Fsp3) is 0.500. The van der Waals surface area contributed by atoms with E-state index in [1.54, 1.807) is 23.9 Å². The number of thioether (sulfide) groups is 1. The average molecular weight is 281 g/mol. The Morgan fingerprint density at radius 3 is 2.89 bits per heavy atom. The molecular formula is C14H20FN3S. The van der Waals surface area contributed by atoms with Crippen molar-refractivity contribution in [1.29, 1.82) is 0 Å². The Hall–Kier alpha value is -1.23. The molecule has 1 heterocycles. The molecule has 0 radical (unpaired) electrons. The van der Waals surface area contributed by atoms with Crippen molar-refractivity contribution in [3.8, 4) is 0 Å². The van der Waals surface area contributed by atoms with E-state index in [4.69, 9.17) is 11.5 Å². The van der Waals surface area contributed by atoms with Crippen molar-refractivity contribution in [2.45, 2.75) is 37.5 Å². The van der Waals surface area contributed by atoms with Crippen LogP contribution in [0.5, 0.6) is 0 Å². The lowest BCUT2D eigenvalue weighted by atomic mass is 9.84. The second kappa shape index (κ2) is 5.41. The van der Waals surface area contributed by atoms with Crippen LogP contribution >= 0.6 is 11.8 Å². The molecule has 0 saturated heterocycles. The first kappa shape index (κ1) is 14.2. The second-order valence-corrected chi connectivity index (χ2v) is 6.37. The number of hydrogen-bond acceptors (Lipinski definition) is 4. The molecule has 104 valence electrons. The number of hydrogen-bond donors (Lipinski definition) is 2. The van der Waals surface area contributed by atoms with E-state index in [9.17, 15) is 4.39 Å². The highest BCUT2D eigenvalue weighted by atomic mass is 32.2. The highest BCUT2D eigenvalue weighted by molar-refractivity contribution is 8.00. The minimum atomic E-state index is -0.582. The number of amidine groups is 1. The predicted octanol–water partition coefficient (Wildman–Crippen LogP) is 2.90. The summed E-state index contributed by atoms with van der Waals surface area (Å²) in [6, 6.07) is 4.68. The molecular weight excluding hydrogens is 261 g/mol. The molecule has 0 amide bonds. The van der Waals surface area contributed by atoms with E-state index in [0.29, 0.717) is 23.5 Å². The van der Waals surface area contributed by atoms with E-state index >= 15 is 0 Å². The van der Waals surface area contributed by atoms with Crippen molar-refractivity contribution >= 4 is 23.3 Å². The van der Waals surface area contributed by atoms with Crippen LogP contribution in [0, 0.1) is 5.82 Å². The maximum atomic E-state index is 14.2. The summed E-state index contributed by atoms with van der Waals surface area (Å²) in [5.41, 5.74) is 12.4. The van der Waals surface area contributed by atoms with Gasteiger partial charge >= 0.3 is 0 Å². The fourth-order valence-electron chi connectivity index (χ4n) is 2.42. The highest BCUT2D eigenvalue weighted by Gasteiger charge is 2.35. The van der Waals surface area contributed by atoms with Gasteiger partial charge in [0, 0.05) is 11.3 Å². The first-order valence-electron chi connectivity index (χ1n) is 6.51. The van der Waals surface area contributed by atoms with Crippen molar-refractivity contribution in [1.82, 2.24) is 0 Å². The van der Waals surface area contributed by atoms with Crippen LogP contribution in [-0.4, -0.2) is 16.8 Å². The first-order valence-corrected chi connectivity index (χ1v) is 7.55. The van der Waals surface area contributed by atoms with E-state index in [1.807, 2.05) is 13.8 Å². The lowest BCUT2D eigenvalue weighted by Gasteiger charge is -2.29. The topological polar surface area (TPSA) is 64.4 Å². The van der Waals surface area contributed by atoms with Crippen LogP contribution in [0.3, 0.4) is 0 Å². The van der Waals surface area contributed by atoms with Crippen molar-refractivity contribution in [3.05, 3.63) is 29.6 Å². The van der Waals surface area contributed by atoms with Crippen LogP contribution in [0.15, 0.2) is 23.2 Å². The van der Waals surface area contributed by atoms with E-state index < -0.39 is 5.54 Å². The SMILES string of the molecule is CCC1(c2cc(N)ccc2F)CCSC(C)C(N)=N1. The van der Waals surface area contributed by atoms with Crippen molar-refractivity contribution < 1.29 is 4.39 Å². The molecule has 1 aliphatic heterocycles. The summed E-state index contributed by atoms with van der Waals surface area (Å²) in [4.78, 5) is 4.66. The van der Waals surface area contributed by atoms with Gasteiger partial charge in [0.05, 0.1) is 10.8 Å². The Morgan fingerprint density at radius 1 is 1.47 bits per heavy atom. The third kappa shape index (κ3) is 2.71. The minimum Gasteiger partial charge on any atom is -0.399 e. The number of benzene rings is 1. The Balaban J connectivity index is 2.55. The molecule has 1 aliphatic rings. The van der Waals surface area contributed by atoms with Gasteiger partial charge < -0.3 is 11.5 Å². The normalized spacial score (nSPS) is 27.7. The Bertz CT molecular complexity index is 503. The predicted molar refractivity (Wildman–Crippen MR) is 80.9 cm³/mol. The van der Waals surface area contributed by atoms with Crippen molar-refractivity contribution in [2.75, 3.05) is 11.5 Å². The zero-order valence-corrected chi connectivity index (χ0v) is 12.1. The van der Waals surface area contributed by atoms with Gasteiger partial charge in [-0.2, -0.15) is 11.8 Å². The lowest BCUT2D eigenvalue weighted by Crippen LogP contribution is -2.30. The van der Waals surface area contributed by atoms with Gasteiger partial charge in [0.2, 0.25) is 0 Å². The molecule has 0 aromatic heterocycles. The summed E-state index contributed by atoms with van der Waals surface area (Å²) < 4.78 is 14.2. The van der Waals surface area contributed by atoms with Crippen LogP contribution in [0.4, 0.5) is 10.1 Å². The van der Waals surface area contributed by atoms with Crippen LogP contribution in [-0.2, 0) is 5.54 Å². The van der Waals surface area contributed by atoms with Crippen LogP contribution in [0.1, 0.15) is 32.3 Å². The molecule has 2 atom stereocenters. The summed E-state index contributed by atoms with van der Waals surface area (Å²) >= 11 is 1.76. The van der Waals surface area contributed by atoms with E-state index in [2.05, 4.69) is 4.99 Å². The van der Waals surface area contributed by atoms with Crippen LogP contribution in [0.2, 0.25) is 0 Å². The van der Waals surface area contributed by atoms with E-state index in [1.165, 1.54) is 6.07 Å². The van der Waals surface area contributed by atoms with Gasteiger partial charge in [-0.25, -0.2) is 4.39 Å². The van der Waals surface area contributed by atoms with Gasteiger partial charge in [0.15, 0.2) is 0 Å². The number of nitrogen functional groups attached to an aromatic ring is 1. The standard InChI is InChI=1S/C14H20FN3S/c1-3-14(6-7-19-9(2)13(17)18-14)11-8-10(16)4-5-12(11)15/h4-5,8-9H,3,6-7,16H2,1-2H3,(H2,17,18). The van der Waals surface area contributed by atoms with Gasteiger partial charge in [-0.15, -0.1) is 0 Å². The van der Waals surface area contributed by atoms with Gasteiger partial charge in [-0.3, -0.25) is 4.99 Å². The zero-order chi connectivity index (χ0) is 14.0. The summed E-state index contributed by atoms with van der Waals surface area (Å²) in [5.74, 6) is 1.24. The first-order chi connectivity index (χ1) is 8.98. The monoisotopic (exact) mass is 281 g/mol. The third-order valence-electron chi connectivity index (χ3n) is 3.72. The smallest absolute Gasteiger partial charge is 0.128 e. The quantitative estimate of drug-likeness (QED) is 0.819. The minimum absolute atomic E-state index is 0.178. The molecule has 0 aliphatic carbocycles. The maximum Gasteiger partial charge on any atom is 0.128 e. The van der Waals surface area contributed by atoms with Gasteiger partial charge in [-0.1, -0.05) is 6.92 Å². The summed E-state index contributed by atoms with van der Waals surface area (Å²) in [5, 5.41) is 0.178. The van der Waals surface area contributed by atoms with Crippen molar-refractivity contribution in [3.63, 3.8) is 0 Å². The Morgan fingerprint density at radius 2 is 2.21 bits per heavy atom. The largest absolute Gasteiger partial charge is 0.399 e. The summed E-state index contributed by atoms with van der Waals surface area (Å²) in [7, 11) is 0. The van der Waals surface area contributed by atoms with E-state index in [-0.39, 0.29) is 11.1 Å². The van der Waals surface area contributed by atoms with Crippen molar-refractivity contribution in [2.24, 2.45) is 10.7 Å². The Kier molecular flexibility index (Phi) is 4.04. The molecule has 2 rings (SSSR count). The third-order valence-corrected chi connectivity index (χ3v) is 4.90. The number of halogens is 1. The molecule has 0 saturated carbocycles. The molecule has 2 unspecified atom stereocenters. The summed E-state index contributed by atoms with van der Waals surface area (Å²) in [6.07, 6.45) is 1.49. The summed E-state index contributed by atoms with van der Waals surface area (Å²) in [6.45, 7) is 4.05. The van der Waals surface area contributed by atoms with Gasteiger partial charge in [-0.05, 0) is 43.7 Å². The number of aliphatic imine (C=N–C) groups is 1. The molecule has 3 nitrogen and oxygen atoms in total. The Labute approximate surface area is 117 Å². The zero-order valence-electron chi connectivity index (χ0n) is 11.3. The van der Waals surface area contributed by atoms with Gasteiger partial charge in [0.1, 0.15) is 11.7 Å². The molecule has 1 aromatic carbocycles. The lowest BCUT2D eigenvalue weighted by molar-refractivity contribution is 0.399. The molecule has 0 bridgehead atoms.